The zero-order valence-corrected chi connectivity index (χ0v) is 27.8. The molecule has 1 aliphatic rings. The van der Waals surface area contributed by atoms with Crippen molar-refractivity contribution in [2.75, 3.05) is 20.6 Å². The number of thiocarbonyl (C=S) groups is 1. The number of fused-ring (bicyclic) bond motifs is 1. The Morgan fingerprint density at radius 1 is 0.935 bits per heavy atom. The average Bonchev–Trinajstić information content (AvgIpc) is 3.84. The van der Waals surface area contributed by atoms with Crippen LogP contribution in [0.25, 0.3) is 10.8 Å². The van der Waals surface area contributed by atoms with Crippen LogP contribution >= 0.6 is 12.2 Å². The van der Waals surface area contributed by atoms with Gasteiger partial charge < -0.3 is 30.9 Å². The highest BCUT2D eigenvalue weighted by atomic mass is 32.1. The molecule has 9 nitrogen and oxygen atoms in total. The molecule has 46 heavy (non-hydrogen) atoms. The monoisotopic (exact) mass is 643 g/mol. The normalized spacial score (nSPS) is 14.3. The van der Waals surface area contributed by atoms with Crippen LogP contribution in [0.4, 0.5) is 4.79 Å². The number of nitrogens with one attached hydrogen (secondary N) is 3. The van der Waals surface area contributed by atoms with Crippen LogP contribution in [0, 0.1) is 0 Å². The lowest BCUT2D eigenvalue weighted by molar-refractivity contribution is -0.142. The number of amides is 3. The van der Waals surface area contributed by atoms with Gasteiger partial charge in [-0.25, -0.2) is 4.79 Å². The van der Waals surface area contributed by atoms with E-state index in [2.05, 4.69) is 22.0 Å². The van der Waals surface area contributed by atoms with Gasteiger partial charge in [0.05, 0.1) is 6.04 Å². The van der Waals surface area contributed by atoms with Gasteiger partial charge in [-0.3, -0.25) is 9.59 Å². The molecule has 3 amide bonds. The number of likely N-dealkylation sites (N-methyl/N-ethyl adjacent to an activating group) is 2. The van der Waals surface area contributed by atoms with E-state index < -0.39 is 17.7 Å². The highest BCUT2D eigenvalue weighted by molar-refractivity contribution is 7.80. The summed E-state index contributed by atoms with van der Waals surface area (Å²) in [6, 6.07) is 23.5. The summed E-state index contributed by atoms with van der Waals surface area (Å²) in [6.07, 6.45) is 5.37. The Kier molecular flexibility index (Phi) is 11.8. The largest absolute Gasteiger partial charge is 0.465 e. The summed E-state index contributed by atoms with van der Waals surface area (Å²) in [4.78, 5) is 42.3. The minimum atomic E-state index is -1.13. The van der Waals surface area contributed by atoms with Crippen molar-refractivity contribution in [2.45, 2.75) is 69.6 Å². The summed E-state index contributed by atoms with van der Waals surface area (Å²) in [5.41, 5.74) is 1.27. The Labute approximate surface area is 277 Å². The van der Waals surface area contributed by atoms with Crippen LogP contribution in [0.15, 0.2) is 84.9 Å². The van der Waals surface area contributed by atoms with Crippen LogP contribution in [-0.4, -0.2) is 82.2 Å². The first-order valence-corrected chi connectivity index (χ1v) is 16.1. The van der Waals surface area contributed by atoms with Gasteiger partial charge in [0, 0.05) is 38.6 Å². The van der Waals surface area contributed by atoms with E-state index in [0.717, 1.165) is 34.7 Å². The van der Waals surface area contributed by atoms with Gasteiger partial charge in [-0.1, -0.05) is 78.9 Å². The summed E-state index contributed by atoms with van der Waals surface area (Å²) in [6.45, 7) is 3.93. The van der Waals surface area contributed by atoms with Crippen LogP contribution in [0.3, 0.4) is 0 Å². The van der Waals surface area contributed by atoms with Gasteiger partial charge in [-0.2, -0.15) is 0 Å². The Morgan fingerprint density at radius 3 is 2.28 bits per heavy atom. The molecule has 0 bridgehead atoms. The molecular weight excluding hydrogens is 598 g/mol. The summed E-state index contributed by atoms with van der Waals surface area (Å²) in [7, 11) is 3.43. The van der Waals surface area contributed by atoms with E-state index in [1.54, 1.807) is 38.9 Å². The van der Waals surface area contributed by atoms with Gasteiger partial charge in [-0.15, -0.1) is 0 Å². The summed E-state index contributed by atoms with van der Waals surface area (Å²) < 4.78 is 0. The van der Waals surface area contributed by atoms with Crippen molar-refractivity contribution in [2.24, 2.45) is 0 Å². The first-order valence-electron chi connectivity index (χ1n) is 15.7. The van der Waals surface area contributed by atoms with E-state index in [4.69, 9.17) is 17.3 Å². The molecule has 3 aromatic carbocycles. The SMILES string of the molecule is CN(C(=O)[C@@H](Cc1ccc2ccccc2c1)N(C)C(=O)/C=C/CC(C)(C)NC(=O)O)[C@@H](CNC(=S)NC1CC1)Cc1ccccc1. The Morgan fingerprint density at radius 2 is 1.61 bits per heavy atom. The van der Waals surface area contributed by atoms with Crippen molar-refractivity contribution >= 4 is 46.0 Å². The molecule has 4 rings (SSSR count). The topological polar surface area (TPSA) is 114 Å². The maximum absolute atomic E-state index is 14.4. The van der Waals surface area contributed by atoms with E-state index in [9.17, 15) is 14.4 Å². The fraction of sp³-hybridized carbons (Fsp3) is 0.389. The molecule has 0 saturated heterocycles. The van der Waals surface area contributed by atoms with E-state index >= 15 is 0 Å². The fourth-order valence-electron chi connectivity index (χ4n) is 5.37. The van der Waals surface area contributed by atoms with Crippen molar-refractivity contribution in [3.8, 4) is 0 Å². The zero-order valence-electron chi connectivity index (χ0n) is 27.0. The van der Waals surface area contributed by atoms with Crippen molar-refractivity contribution < 1.29 is 19.5 Å². The molecule has 4 N–H and O–H groups in total. The zero-order chi connectivity index (χ0) is 33.3. The van der Waals surface area contributed by atoms with Crippen molar-refractivity contribution in [1.82, 2.24) is 25.8 Å². The van der Waals surface area contributed by atoms with Gasteiger partial charge in [0.25, 0.3) is 0 Å². The maximum Gasteiger partial charge on any atom is 0.405 e. The maximum atomic E-state index is 14.4. The Balaban J connectivity index is 1.58. The summed E-state index contributed by atoms with van der Waals surface area (Å²) >= 11 is 5.52. The molecule has 0 aliphatic heterocycles. The molecule has 1 saturated carbocycles. The number of rotatable bonds is 14. The number of benzene rings is 3. The molecule has 10 heteroatoms. The second-order valence-corrected chi connectivity index (χ2v) is 13.1. The molecule has 0 unspecified atom stereocenters. The number of carbonyl (C=O) groups excluding carboxylic acids is 2. The number of carboxylic acid groups (broad SMARTS) is 1. The molecule has 3 aromatic rings. The second-order valence-electron chi connectivity index (χ2n) is 12.7. The molecule has 1 aliphatic carbocycles. The van der Waals surface area contributed by atoms with Crippen molar-refractivity contribution in [3.63, 3.8) is 0 Å². The lowest BCUT2D eigenvalue weighted by Gasteiger charge is -2.35. The molecular formula is C36H45N5O4S. The number of hydrogen-bond donors (Lipinski definition) is 4. The van der Waals surface area contributed by atoms with E-state index in [-0.39, 0.29) is 17.9 Å². The quantitative estimate of drug-likeness (QED) is 0.146. The van der Waals surface area contributed by atoms with Crippen LogP contribution in [0.2, 0.25) is 0 Å². The van der Waals surface area contributed by atoms with E-state index in [0.29, 0.717) is 37.0 Å². The third-order valence-corrected chi connectivity index (χ3v) is 8.56. The number of hydrogen-bond acceptors (Lipinski definition) is 4. The fourth-order valence-corrected chi connectivity index (χ4v) is 5.62. The summed E-state index contributed by atoms with van der Waals surface area (Å²) in [5, 5.41) is 20.9. The second kappa shape index (κ2) is 15.7. The molecule has 0 spiro atoms. The molecule has 0 heterocycles. The smallest absolute Gasteiger partial charge is 0.405 e. The highest BCUT2D eigenvalue weighted by Crippen LogP contribution is 2.21. The number of nitrogens with zero attached hydrogens (tertiary/aromatic N) is 2. The lowest BCUT2D eigenvalue weighted by Crippen LogP contribution is -2.55. The third-order valence-electron chi connectivity index (χ3n) is 8.30. The van der Waals surface area contributed by atoms with Gasteiger partial charge in [0.1, 0.15) is 6.04 Å². The predicted molar refractivity (Wildman–Crippen MR) is 187 cm³/mol. The third kappa shape index (κ3) is 10.3. The van der Waals surface area contributed by atoms with Gasteiger partial charge in [0.15, 0.2) is 5.11 Å². The molecule has 2 atom stereocenters. The Bertz CT molecular complexity index is 1560. The van der Waals surface area contributed by atoms with Crippen LogP contribution in [0.5, 0.6) is 0 Å². The predicted octanol–water partition coefficient (Wildman–Crippen LogP) is 4.90. The van der Waals surface area contributed by atoms with Gasteiger partial charge in [0.2, 0.25) is 11.8 Å². The van der Waals surface area contributed by atoms with Crippen LogP contribution in [0.1, 0.15) is 44.2 Å². The molecule has 244 valence electrons. The minimum absolute atomic E-state index is 0.186. The molecule has 1 fully saturated rings. The van der Waals surface area contributed by atoms with E-state index in [1.165, 1.54) is 11.0 Å². The van der Waals surface area contributed by atoms with E-state index in [1.807, 2.05) is 66.7 Å². The van der Waals surface area contributed by atoms with Gasteiger partial charge in [-0.05, 0) is 79.7 Å². The first kappa shape index (κ1) is 34.4. The average molecular weight is 644 g/mol. The Hall–Kier alpha value is -4.44. The van der Waals surface area contributed by atoms with Crippen molar-refractivity contribution in [3.05, 3.63) is 96.1 Å². The molecule has 0 radical (unpaired) electrons. The van der Waals surface area contributed by atoms with Gasteiger partial charge >= 0.3 is 6.09 Å². The standard InChI is InChI=1S/C36H45N5O4S/c1-36(2,39-35(44)45)20-10-15-32(42)41(4)31(23-26-16-17-27-13-8-9-14-28(27)21-26)33(43)40(3)30(22-25-11-6-5-7-12-25)24-37-34(46)38-29-18-19-29/h5-17,21,29-31,39H,18-20,22-24H2,1-4H3,(H,44,45)(H2,37,38,46)/b15-10+/t30-,31-/m1/s1. The number of carbonyl (C=O) groups is 3. The van der Waals surface area contributed by atoms with Crippen LogP contribution < -0.4 is 16.0 Å². The summed E-state index contributed by atoms with van der Waals surface area (Å²) in [5.74, 6) is -0.528. The highest BCUT2D eigenvalue weighted by Gasteiger charge is 2.32. The lowest BCUT2D eigenvalue weighted by atomic mass is 9.98. The minimum Gasteiger partial charge on any atom is -0.465 e. The van der Waals surface area contributed by atoms with Crippen LogP contribution in [-0.2, 0) is 22.4 Å². The molecule has 0 aromatic heterocycles. The van der Waals surface area contributed by atoms with Crippen molar-refractivity contribution in [1.29, 1.82) is 0 Å². The first-order chi connectivity index (χ1) is 21.9.